The van der Waals surface area contributed by atoms with Gasteiger partial charge in [0.25, 0.3) is 9.84 Å². The van der Waals surface area contributed by atoms with E-state index < -0.39 is 38.6 Å². The molecule has 1 saturated carbocycles. The van der Waals surface area contributed by atoms with Crippen molar-refractivity contribution in [3.63, 3.8) is 0 Å². The van der Waals surface area contributed by atoms with Crippen molar-refractivity contribution in [2.24, 2.45) is 0 Å². The average molecular weight is 401 g/mol. The van der Waals surface area contributed by atoms with Gasteiger partial charge in [0.2, 0.25) is 0 Å². The number of alkyl halides is 3. The molecule has 25 heavy (non-hydrogen) atoms. The minimum atomic E-state index is -5.65. The highest BCUT2D eigenvalue weighted by atomic mass is 35.5. The Morgan fingerprint density at radius 1 is 1.28 bits per heavy atom. The lowest BCUT2D eigenvalue weighted by Crippen LogP contribution is -2.36. The van der Waals surface area contributed by atoms with Crippen LogP contribution in [0.3, 0.4) is 0 Å². The zero-order valence-corrected chi connectivity index (χ0v) is 14.9. The zero-order chi connectivity index (χ0) is 18.8. The summed E-state index contributed by atoms with van der Waals surface area (Å²) in [6.07, 6.45) is 4.92. The van der Waals surface area contributed by atoms with Gasteiger partial charge in [-0.3, -0.25) is 0 Å². The number of sulfone groups is 1. The van der Waals surface area contributed by atoms with Crippen LogP contribution in [0, 0.1) is 0 Å². The summed E-state index contributed by atoms with van der Waals surface area (Å²) in [4.78, 5) is -1.09. The van der Waals surface area contributed by atoms with E-state index in [-0.39, 0.29) is 16.6 Å². The number of benzene rings is 1. The molecule has 0 bridgehead atoms. The number of nitrogens with two attached hydrogens (primary N) is 1. The second-order valence-corrected chi connectivity index (χ2v) is 8.42. The van der Waals surface area contributed by atoms with Crippen molar-refractivity contribution in [3.05, 3.63) is 22.7 Å². The second kappa shape index (κ2) is 7.69. The molecule has 0 heterocycles. The summed E-state index contributed by atoms with van der Waals surface area (Å²) in [5.41, 5.74) is -0.533. The monoisotopic (exact) mass is 400 g/mol. The third-order valence-corrected chi connectivity index (χ3v) is 6.17. The number of nitrogens with one attached hydrogen (secondary N) is 1. The Hall–Kier alpha value is -1.03. The van der Waals surface area contributed by atoms with Crippen LogP contribution in [-0.4, -0.2) is 31.7 Å². The first-order valence-corrected chi connectivity index (χ1v) is 9.71. The lowest BCUT2D eigenvalue weighted by atomic mass is 9.94. The molecule has 1 aromatic rings. The largest absolute Gasteiger partial charge is 0.501 e. The molecular weight excluding hydrogens is 381 g/mol. The number of aliphatic hydroxyl groups excluding tert-OH is 1. The molecule has 1 aliphatic rings. The van der Waals surface area contributed by atoms with Crippen molar-refractivity contribution in [1.29, 1.82) is 0 Å². The van der Waals surface area contributed by atoms with Gasteiger partial charge in [-0.25, -0.2) is 8.42 Å². The summed E-state index contributed by atoms with van der Waals surface area (Å²) in [6, 6.07) is 1.48. The molecule has 0 radical (unpaired) electrons. The fraction of sp³-hybridized carbons (Fsp3) is 0.600. The Morgan fingerprint density at radius 3 is 2.40 bits per heavy atom. The fourth-order valence-electron chi connectivity index (χ4n) is 2.97. The van der Waals surface area contributed by atoms with Crippen LogP contribution in [0.4, 0.5) is 18.9 Å². The Kier molecular flexibility index (Phi) is 6.24. The van der Waals surface area contributed by atoms with Crippen LogP contribution >= 0.6 is 11.6 Å². The molecule has 1 aromatic carbocycles. The number of hydrogen-bond donors (Lipinski definition) is 3. The maximum atomic E-state index is 12.9. The predicted octanol–water partition coefficient (Wildman–Crippen LogP) is 3.17. The fourth-order valence-corrected chi connectivity index (χ4v) is 4.19. The van der Waals surface area contributed by atoms with E-state index in [0.717, 1.165) is 38.2 Å². The van der Waals surface area contributed by atoms with E-state index in [1.165, 1.54) is 6.07 Å². The minimum absolute atomic E-state index is 0.102. The molecule has 5 nitrogen and oxygen atoms in total. The minimum Gasteiger partial charge on any atom is -0.396 e. The van der Waals surface area contributed by atoms with Gasteiger partial charge in [-0.05, 0) is 30.5 Å². The second-order valence-electron chi connectivity index (χ2n) is 6.10. The highest BCUT2D eigenvalue weighted by molar-refractivity contribution is 7.92. The van der Waals surface area contributed by atoms with E-state index in [1.54, 1.807) is 0 Å². The van der Waals surface area contributed by atoms with E-state index in [4.69, 9.17) is 17.3 Å². The number of halogens is 4. The molecule has 1 unspecified atom stereocenters. The van der Waals surface area contributed by atoms with Crippen LogP contribution in [0.1, 0.15) is 43.7 Å². The molecule has 142 valence electrons. The molecule has 10 heteroatoms. The van der Waals surface area contributed by atoms with Crippen molar-refractivity contribution in [2.75, 3.05) is 12.3 Å². The van der Waals surface area contributed by atoms with Gasteiger partial charge in [-0.1, -0.05) is 30.9 Å². The van der Waals surface area contributed by atoms with E-state index >= 15 is 0 Å². The average Bonchev–Trinajstić information content (AvgIpc) is 2.54. The van der Waals surface area contributed by atoms with Crippen molar-refractivity contribution < 1.29 is 26.7 Å². The van der Waals surface area contributed by atoms with Gasteiger partial charge in [-0.15, -0.1) is 0 Å². The summed E-state index contributed by atoms with van der Waals surface area (Å²) in [7, 11) is -5.65. The Bertz CT molecular complexity index is 719. The summed E-state index contributed by atoms with van der Waals surface area (Å²) in [6.45, 7) is -0.414. The van der Waals surface area contributed by atoms with Gasteiger partial charge in [-0.2, -0.15) is 13.2 Å². The quantitative estimate of drug-likeness (QED) is 0.660. The third-order valence-electron chi connectivity index (χ3n) is 4.34. The normalized spacial score (nSPS) is 18.3. The Balaban J connectivity index is 2.41. The van der Waals surface area contributed by atoms with Crippen molar-refractivity contribution >= 4 is 27.1 Å². The summed E-state index contributed by atoms with van der Waals surface area (Å²) in [5, 5.41) is 12.5. The third kappa shape index (κ3) is 4.39. The topological polar surface area (TPSA) is 92.4 Å². The van der Waals surface area contributed by atoms with Gasteiger partial charge in [0.1, 0.15) is 4.90 Å². The first kappa shape index (κ1) is 20.3. The maximum Gasteiger partial charge on any atom is 0.501 e. The van der Waals surface area contributed by atoms with Gasteiger partial charge in [0.15, 0.2) is 0 Å². The lowest BCUT2D eigenvalue weighted by Gasteiger charge is -2.28. The summed E-state index contributed by atoms with van der Waals surface area (Å²) in [5.74, 6) is 0. The molecule has 0 amide bonds. The number of hydrogen-bond acceptors (Lipinski definition) is 5. The molecule has 0 spiro atoms. The molecule has 4 N–H and O–H groups in total. The van der Waals surface area contributed by atoms with Crippen LogP contribution < -0.4 is 11.1 Å². The van der Waals surface area contributed by atoms with Crippen LogP contribution in [0.5, 0.6) is 0 Å². The number of anilines is 1. The molecule has 0 aromatic heterocycles. The van der Waals surface area contributed by atoms with Gasteiger partial charge < -0.3 is 16.2 Å². The van der Waals surface area contributed by atoms with E-state index in [0.29, 0.717) is 0 Å². The highest BCUT2D eigenvalue weighted by Crippen LogP contribution is 2.38. The molecular formula is C15H20ClF3N2O3S. The van der Waals surface area contributed by atoms with Gasteiger partial charge >= 0.3 is 5.51 Å². The first-order chi connectivity index (χ1) is 11.6. The van der Waals surface area contributed by atoms with Crippen LogP contribution in [0.2, 0.25) is 5.02 Å². The number of rotatable bonds is 5. The maximum absolute atomic E-state index is 12.9. The van der Waals surface area contributed by atoms with Crippen molar-refractivity contribution in [2.45, 2.75) is 54.6 Å². The molecule has 1 fully saturated rings. The Labute approximate surface area is 149 Å². The van der Waals surface area contributed by atoms with E-state index in [2.05, 4.69) is 5.32 Å². The predicted molar refractivity (Wildman–Crippen MR) is 88.9 cm³/mol. The molecule has 1 aliphatic carbocycles. The SMILES string of the molecule is Nc1c(Cl)cc(C(CO)NC2CCCCC2)cc1S(=O)(=O)C(F)(F)F. The Morgan fingerprint density at radius 2 is 1.88 bits per heavy atom. The molecule has 0 saturated heterocycles. The number of aliphatic hydroxyl groups is 1. The van der Waals surface area contributed by atoms with Crippen LogP contribution in [-0.2, 0) is 9.84 Å². The zero-order valence-electron chi connectivity index (χ0n) is 13.3. The van der Waals surface area contributed by atoms with Gasteiger partial charge in [0, 0.05) is 6.04 Å². The number of nitrogen functional groups attached to an aromatic ring is 1. The van der Waals surface area contributed by atoms with Crippen molar-refractivity contribution in [1.82, 2.24) is 5.32 Å². The summed E-state index contributed by atoms with van der Waals surface area (Å²) < 4.78 is 62.1. The van der Waals surface area contributed by atoms with Gasteiger partial charge in [0.05, 0.1) is 23.4 Å². The molecule has 0 aliphatic heterocycles. The van der Waals surface area contributed by atoms with Crippen molar-refractivity contribution in [3.8, 4) is 0 Å². The molecule has 2 rings (SSSR count). The highest BCUT2D eigenvalue weighted by Gasteiger charge is 2.48. The summed E-state index contributed by atoms with van der Waals surface area (Å²) >= 11 is 5.85. The smallest absolute Gasteiger partial charge is 0.396 e. The van der Waals surface area contributed by atoms with E-state index in [9.17, 15) is 26.7 Å². The standard InChI is InChI=1S/C15H20ClF3N2O3S/c16-11-6-9(12(8-22)21-10-4-2-1-3-5-10)7-13(14(11)20)25(23,24)15(17,18)19/h6-7,10,12,21-22H,1-5,8,20H2. The van der Waals surface area contributed by atoms with Crippen LogP contribution in [0.25, 0.3) is 0 Å². The van der Waals surface area contributed by atoms with Crippen LogP contribution in [0.15, 0.2) is 17.0 Å². The lowest BCUT2D eigenvalue weighted by molar-refractivity contribution is -0.0435. The van der Waals surface area contributed by atoms with E-state index in [1.807, 2.05) is 0 Å². The molecule has 1 atom stereocenters. The first-order valence-electron chi connectivity index (χ1n) is 7.85.